The van der Waals surface area contributed by atoms with Crippen LogP contribution < -0.4 is 5.73 Å². The molecular weight excluding hydrogens is 200 g/mol. The van der Waals surface area contributed by atoms with Gasteiger partial charge in [0.2, 0.25) is 0 Å². The van der Waals surface area contributed by atoms with E-state index in [1.165, 1.54) is 0 Å². The number of nitrogens with two attached hydrogens (primary N) is 1. The molecule has 0 atom stereocenters. The lowest BCUT2D eigenvalue weighted by molar-refractivity contribution is 0.302. The van der Waals surface area contributed by atoms with Crippen LogP contribution in [0.5, 0.6) is 0 Å². The van der Waals surface area contributed by atoms with Gasteiger partial charge in [0.25, 0.3) is 0 Å². The highest BCUT2D eigenvalue weighted by Crippen LogP contribution is 1.87. The molecule has 16 heavy (non-hydrogen) atoms. The van der Waals surface area contributed by atoms with Crippen molar-refractivity contribution >= 4 is 0 Å². The first-order valence-electron chi connectivity index (χ1n) is 6.19. The van der Waals surface area contributed by atoms with E-state index in [-0.39, 0.29) is 0 Å². The molecule has 1 aromatic heterocycles. The summed E-state index contributed by atoms with van der Waals surface area (Å²) in [5.74, 6) is 1.06. The molecule has 0 aliphatic rings. The number of aromatic nitrogens is 2. The molecule has 0 spiro atoms. The van der Waals surface area contributed by atoms with Crippen molar-refractivity contribution in [3.63, 3.8) is 0 Å². The maximum absolute atomic E-state index is 5.36. The fraction of sp³-hybridized carbons (Fsp3) is 0.750. The van der Waals surface area contributed by atoms with Crippen LogP contribution >= 0.6 is 0 Å². The minimum Gasteiger partial charge on any atom is -0.349 e. The van der Waals surface area contributed by atoms with Crippen molar-refractivity contribution in [3.8, 4) is 0 Å². The number of hydrogen-bond donors (Lipinski definition) is 2. The van der Waals surface area contributed by atoms with Crippen molar-refractivity contribution in [2.24, 2.45) is 5.73 Å². The van der Waals surface area contributed by atoms with Crippen LogP contribution in [0.15, 0.2) is 12.4 Å². The summed E-state index contributed by atoms with van der Waals surface area (Å²) in [5.41, 5.74) is 5.36. The summed E-state index contributed by atoms with van der Waals surface area (Å²) in [6, 6.07) is 0. The van der Waals surface area contributed by atoms with Crippen LogP contribution in [0, 0.1) is 0 Å². The lowest BCUT2D eigenvalue weighted by Crippen LogP contribution is -2.25. The van der Waals surface area contributed by atoms with Crippen LogP contribution in [-0.4, -0.2) is 41.0 Å². The molecule has 0 aliphatic heterocycles. The SMILES string of the molecule is CCN(CC)CCCN.CCc1ncc[nH]1. The maximum atomic E-state index is 5.36. The van der Waals surface area contributed by atoms with Crippen molar-refractivity contribution in [1.82, 2.24) is 14.9 Å². The van der Waals surface area contributed by atoms with E-state index >= 15 is 0 Å². The molecule has 1 heterocycles. The molecule has 0 fully saturated rings. The first-order chi connectivity index (χ1) is 7.78. The van der Waals surface area contributed by atoms with Crippen molar-refractivity contribution < 1.29 is 0 Å². The quantitative estimate of drug-likeness (QED) is 0.775. The van der Waals surface area contributed by atoms with E-state index in [2.05, 4.69) is 35.6 Å². The zero-order chi connectivity index (χ0) is 12.2. The minimum atomic E-state index is 0.816. The summed E-state index contributed by atoms with van der Waals surface area (Å²) >= 11 is 0. The van der Waals surface area contributed by atoms with E-state index in [0.29, 0.717) is 0 Å². The molecule has 4 heteroatoms. The van der Waals surface area contributed by atoms with E-state index < -0.39 is 0 Å². The van der Waals surface area contributed by atoms with Gasteiger partial charge in [0.05, 0.1) is 0 Å². The minimum absolute atomic E-state index is 0.816. The third kappa shape index (κ3) is 7.43. The zero-order valence-electron chi connectivity index (χ0n) is 10.9. The van der Waals surface area contributed by atoms with Gasteiger partial charge in [-0.2, -0.15) is 0 Å². The third-order valence-corrected chi connectivity index (χ3v) is 2.46. The maximum Gasteiger partial charge on any atom is 0.105 e. The van der Waals surface area contributed by atoms with Gasteiger partial charge < -0.3 is 15.6 Å². The van der Waals surface area contributed by atoms with Gasteiger partial charge in [-0.15, -0.1) is 0 Å². The Morgan fingerprint density at radius 1 is 1.31 bits per heavy atom. The van der Waals surface area contributed by atoms with Crippen molar-refractivity contribution in [2.45, 2.75) is 33.6 Å². The summed E-state index contributed by atoms with van der Waals surface area (Å²) in [6.07, 6.45) is 5.71. The Balaban J connectivity index is 0.000000288. The highest BCUT2D eigenvalue weighted by atomic mass is 15.1. The first-order valence-corrected chi connectivity index (χ1v) is 6.19. The number of rotatable bonds is 6. The Bertz CT molecular complexity index is 217. The van der Waals surface area contributed by atoms with E-state index in [4.69, 9.17) is 5.73 Å². The van der Waals surface area contributed by atoms with Crippen molar-refractivity contribution in [1.29, 1.82) is 0 Å². The second-order valence-electron chi connectivity index (χ2n) is 3.56. The Morgan fingerprint density at radius 2 is 2.00 bits per heavy atom. The summed E-state index contributed by atoms with van der Waals surface area (Å²) in [4.78, 5) is 9.34. The lowest BCUT2D eigenvalue weighted by atomic mass is 10.4. The van der Waals surface area contributed by atoms with Gasteiger partial charge in [-0.3, -0.25) is 0 Å². The van der Waals surface area contributed by atoms with E-state index in [1.807, 2.05) is 6.20 Å². The molecule has 1 aromatic rings. The fourth-order valence-corrected chi connectivity index (χ4v) is 1.35. The molecule has 94 valence electrons. The van der Waals surface area contributed by atoms with Crippen LogP contribution in [0.25, 0.3) is 0 Å². The molecule has 4 nitrogen and oxygen atoms in total. The molecule has 0 saturated heterocycles. The molecule has 0 radical (unpaired) electrons. The topological polar surface area (TPSA) is 57.9 Å². The van der Waals surface area contributed by atoms with Gasteiger partial charge in [-0.05, 0) is 32.6 Å². The van der Waals surface area contributed by atoms with Crippen LogP contribution in [0.2, 0.25) is 0 Å². The average molecular weight is 226 g/mol. The Hall–Kier alpha value is -0.870. The van der Waals surface area contributed by atoms with E-state index in [9.17, 15) is 0 Å². The smallest absolute Gasteiger partial charge is 0.105 e. The number of imidazole rings is 1. The molecule has 1 rings (SSSR count). The Morgan fingerprint density at radius 3 is 2.31 bits per heavy atom. The van der Waals surface area contributed by atoms with Crippen LogP contribution in [0.3, 0.4) is 0 Å². The van der Waals surface area contributed by atoms with Gasteiger partial charge in [-0.1, -0.05) is 20.8 Å². The Kier molecular flexibility index (Phi) is 10.1. The molecule has 0 amide bonds. The summed E-state index contributed by atoms with van der Waals surface area (Å²) in [7, 11) is 0. The molecule has 0 bridgehead atoms. The summed E-state index contributed by atoms with van der Waals surface area (Å²) < 4.78 is 0. The zero-order valence-corrected chi connectivity index (χ0v) is 10.9. The monoisotopic (exact) mass is 226 g/mol. The van der Waals surface area contributed by atoms with Gasteiger partial charge in [-0.25, -0.2) is 4.98 Å². The number of nitrogens with one attached hydrogen (secondary N) is 1. The highest BCUT2D eigenvalue weighted by Gasteiger charge is 1.94. The standard InChI is InChI=1S/C7H18N2.C5H8N2/c1-3-9(4-2)7-5-6-8;1-2-5-6-3-4-7-5/h3-8H2,1-2H3;3-4H,2H2,1H3,(H,6,7). The van der Waals surface area contributed by atoms with Crippen molar-refractivity contribution in [2.75, 3.05) is 26.2 Å². The van der Waals surface area contributed by atoms with Crippen molar-refractivity contribution in [3.05, 3.63) is 18.2 Å². The Labute approximate surface area is 99.3 Å². The number of aromatic amines is 1. The molecule has 0 saturated carbocycles. The van der Waals surface area contributed by atoms with Gasteiger partial charge in [0.1, 0.15) is 5.82 Å². The van der Waals surface area contributed by atoms with Gasteiger partial charge in [0.15, 0.2) is 0 Å². The molecule has 0 unspecified atom stereocenters. The second-order valence-corrected chi connectivity index (χ2v) is 3.56. The lowest BCUT2D eigenvalue weighted by Gasteiger charge is -2.16. The predicted octanol–water partition coefficient (Wildman–Crippen LogP) is 1.65. The van der Waals surface area contributed by atoms with Crippen LogP contribution in [0.1, 0.15) is 33.0 Å². The van der Waals surface area contributed by atoms with Gasteiger partial charge in [0, 0.05) is 18.8 Å². The summed E-state index contributed by atoms with van der Waals surface area (Å²) in [6.45, 7) is 10.7. The number of aryl methyl sites for hydroxylation is 1. The number of H-pyrrole nitrogens is 1. The highest BCUT2D eigenvalue weighted by molar-refractivity contribution is 4.84. The molecule has 0 aliphatic carbocycles. The molecule has 0 aromatic carbocycles. The molecule has 3 N–H and O–H groups in total. The number of hydrogen-bond acceptors (Lipinski definition) is 3. The third-order valence-electron chi connectivity index (χ3n) is 2.46. The van der Waals surface area contributed by atoms with E-state index in [0.717, 1.165) is 44.8 Å². The molecular formula is C12H26N4. The average Bonchev–Trinajstić information content (AvgIpc) is 2.84. The largest absolute Gasteiger partial charge is 0.349 e. The van der Waals surface area contributed by atoms with Gasteiger partial charge >= 0.3 is 0 Å². The van der Waals surface area contributed by atoms with E-state index in [1.54, 1.807) is 6.20 Å². The predicted molar refractivity (Wildman–Crippen MR) is 69.4 cm³/mol. The fourth-order valence-electron chi connectivity index (χ4n) is 1.35. The normalized spacial score (nSPS) is 10.1. The van der Waals surface area contributed by atoms with Crippen LogP contribution in [-0.2, 0) is 6.42 Å². The number of nitrogens with zero attached hydrogens (tertiary/aromatic N) is 2. The second kappa shape index (κ2) is 10.6. The summed E-state index contributed by atoms with van der Waals surface area (Å²) in [5, 5.41) is 0. The van der Waals surface area contributed by atoms with Crippen LogP contribution in [0.4, 0.5) is 0 Å². The first kappa shape index (κ1) is 15.1.